The molecule has 2 aliphatic rings. The van der Waals surface area contributed by atoms with Crippen LogP contribution in [0.1, 0.15) is 30.4 Å². The van der Waals surface area contributed by atoms with Crippen molar-refractivity contribution >= 4 is 28.4 Å². The maximum Gasteiger partial charge on any atom is 0.223 e. The first-order chi connectivity index (χ1) is 17.4. The number of aryl methyl sites for hydroxylation is 2. The third-order valence-corrected chi connectivity index (χ3v) is 8.10. The van der Waals surface area contributed by atoms with Crippen LogP contribution in [0.15, 0.2) is 48.7 Å². The van der Waals surface area contributed by atoms with E-state index in [0.29, 0.717) is 39.3 Å². The predicted molar refractivity (Wildman–Crippen MR) is 144 cm³/mol. The minimum absolute atomic E-state index is 0.209. The van der Waals surface area contributed by atoms with Gasteiger partial charge in [-0.3, -0.25) is 9.69 Å². The number of aromatic nitrogens is 1. The van der Waals surface area contributed by atoms with Gasteiger partial charge < -0.3 is 18.9 Å². The maximum absolute atomic E-state index is 13.4. The van der Waals surface area contributed by atoms with Gasteiger partial charge in [-0.1, -0.05) is 29.8 Å². The molecule has 1 aromatic heterocycles. The molecule has 2 saturated heterocycles. The van der Waals surface area contributed by atoms with E-state index in [1.807, 2.05) is 30.0 Å². The highest BCUT2D eigenvalue weighted by Gasteiger charge is 2.40. The summed E-state index contributed by atoms with van der Waals surface area (Å²) in [5.41, 5.74) is 3.33. The summed E-state index contributed by atoms with van der Waals surface area (Å²) >= 11 is 6.23. The quantitative estimate of drug-likeness (QED) is 0.447. The van der Waals surface area contributed by atoms with E-state index in [1.54, 1.807) is 0 Å². The van der Waals surface area contributed by atoms with E-state index in [2.05, 4.69) is 47.0 Å². The first-order valence-corrected chi connectivity index (χ1v) is 13.3. The van der Waals surface area contributed by atoms with Crippen molar-refractivity contribution in [2.24, 2.45) is 12.5 Å². The lowest BCUT2D eigenvalue weighted by Gasteiger charge is -2.43. The fourth-order valence-corrected chi connectivity index (χ4v) is 5.86. The topological polar surface area (TPSA) is 46.9 Å². The Morgan fingerprint density at radius 2 is 1.94 bits per heavy atom. The predicted octanol–water partition coefficient (Wildman–Crippen LogP) is 5.05. The first-order valence-electron chi connectivity index (χ1n) is 12.9. The van der Waals surface area contributed by atoms with Crippen LogP contribution in [-0.4, -0.2) is 66.3 Å². The molecular weight excluding hydrogens is 474 g/mol. The molecule has 0 saturated carbocycles. The number of piperidine rings is 1. The molecule has 0 spiro atoms. The van der Waals surface area contributed by atoms with Crippen LogP contribution in [-0.2, 0) is 23.1 Å². The lowest BCUT2D eigenvalue weighted by molar-refractivity contribution is -0.139. The van der Waals surface area contributed by atoms with E-state index < -0.39 is 0 Å². The molecule has 0 radical (unpaired) electrons. The average molecular weight is 510 g/mol. The van der Waals surface area contributed by atoms with Crippen LogP contribution < -0.4 is 4.74 Å². The van der Waals surface area contributed by atoms with Gasteiger partial charge in [0.05, 0.1) is 19.8 Å². The number of para-hydroxylation sites is 1. The average Bonchev–Trinajstić information content (AvgIpc) is 3.20. The summed E-state index contributed by atoms with van der Waals surface area (Å²) < 4.78 is 14.0. The van der Waals surface area contributed by atoms with Crippen LogP contribution in [0.5, 0.6) is 5.75 Å². The fraction of sp³-hybridized carbons (Fsp3) is 0.483. The Morgan fingerprint density at radius 1 is 1.14 bits per heavy atom. The van der Waals surface area contributed by atoms with E-state index in [9.17, 15) is 4.79 Å². The van der Waals surface area contributed by atoms with Gasteiger partial charge in [0.1, 0.15) is 5.75 Å². The summed E-state index contributed by atoms with van der Waals surface area (Å²) in [7, 11) is 2.11. The second-order valence-corrected chi connectivity index (χ2v) is 10.9. The van der Waals surface area contributed by atoms with E-state index >= 15 is 0 Å². The van der Waals surface area contributed by atoms with Crippen LogP contribution in [0.25, 0.3) is 10.9 Å². The fourth-order valence-electron chi connectivity index (χ4n) is 5.74. The van der Waals surface area contributed by atoms with Gasteiger partial charge in [-0.25, -0.2) is 0 Å². The van der Waals surface area contributed by atoms with Gasteiger partial charge in [0, 0.05) is 67.2 Å². The minimum atomic E-state index is -0.244. The number of hydrogen-bond acceptors (Lipinski definition) is 4. The number of benzene rings is 2. The van der Waals surface area contributed by atoms with E-state index in [-0.39, 0.29) is 11.3 Å². The van der Waals surface area contributed by atoms with E-state index in [1.165, 1.54) is 16.5 Å². The number of hydrogen-bond donors (Lipinski definition) is 0. The highest BCUT2D eigenvalue weighted by atomic mass is 35.5. The van der Waals surface area contributed by atoms with Crippen molar-refractivity contribution in [2.75, 3.05) is 46.0 Å². The molecule has 1 atom stereocenters. The van der Waals surface area contributed by atoms with Crippen molar-refractivity contribution in [1.82, 2.24) is 14.4 Å². The molecule has 3 heterocycles. The minimum Gasteiger partial charge on any atom is -0.493 e. The number of likely N-dealkylation sites (tertiary alicyclic amines) is 1. The van der Waals surface area contributed by atoms with Crippen LogP contribution >= 0.6 is 11.6 Å². The Labute approximate surface area is 218 Å². The zero-order valence-corrected chi connectivity index (χ0v) is 22.1. The number of ether oxygens (including phenoxy) is 2. The normalized spacial score (nSPS) is 21.1. The molecule has 1 unspecified atom stereocenters. The van der Waals surface area contributed by atoms with Gasteiger partial charge >= 0.3 is 0 Å². The Kier molecular flexibility index (Phi) is 7.56. The van der Waals surface area contributed by atoms with Gasteiger partial charge in [0.25, 0.3) is 0 Å². The molecule has 5 rings (SSSR count). The monoisotopic (exact) mass is 509 g/mol. The van der Waals surface area contributed by atoms with E-state index in [4.69, 9.17) is 21.1 Å². The Balaban J connectivity index is 1.36. The molecule has 2 aromatic carbocycles. The summed E-state index contributed by atoms with van der Waals surface area (Å²) in [6, 6.07) is 14.4. The molecule has 0 bridgehead atoms. The van der Waals surface area contributed by atoms with Crippen LogP contribution in [0.4, 0.5) is 0 Å². The molecule has 1 amide bonds. The number of carbonyl (C=O) groups excluding carboxylic acids is 1. The van der Waals surface area contributed by atoms with Crippen molar-refractivity contribution in [2.45, 2.75) is 32.7 Å². The molecule has 2 fully saturated rings. The van der Waals surface area contributed by atoms with Crippen LogP contribution in [0.2, 0.25) is 5.02 Å². The molecule has 36 heavy (non-hydrogen) atoms. The number of carbonyl (C=O) groups is 1. The molecule has 0 N–H and O–H groups in total. The zero-order chi connectivity index (χ0) is 25.1. The SMILES string of the molecule is Cc1cc(OCC2(CC(=O)N3CCOCC3)CCCN(Cc3cn(C)c4ccccc34)C2)ccc1Cl. The first kappa shape index (κ1) is 25.1. The summed E-state index contributed by atoms with van der Waals surface area (Å²) in [5, 5.41) is 2.03. The molecule has 3 aromatic rings. The number of rotatable bonds is 7. The summed E-state index contributed by atoms with van der Waals surface area (Å²) in [4.78, 5) is 17.9. The Bertz CT molecular complexity index is 1220. The van der Waals surface area contributed by atoms with Crippen LogP contribution in [0, 0.1) is 12.3 Å². The van der Waals surface area contributed by atoms with Crippen molar-refractivity contribution < 1.29 is 14.3 Å². The molecule has 6 nitrogen and oxygen atoms in total. The van der Waals surface area contributed by atoms with Gasteiger partial charge in [0.15, 0.2) is 0 Å². The summed E-state index contributed by atoms with van der Waals surface area (Å²) in [5.74, 6) is 1.02. The third kappa shape index (κ3) is 5.56. The largest absolute Gasteiger partial charge is 0.493 e. The standard InChI is InChI=1S/C29H36ClN3O3/c1-22-16-24(8-9-26(22)30)36-21-29(17-28(34)33-12-14-35-15-13-33)10-5-11-32(20-29)19-23-18-31(2)27-7-4-3-6-25(23)27/h3-4,6-9,16,18H,5,10-15,17,19-21H2,1-2H3. The van der Waals surface area contributed by atoms with Crippen molar-refractivity contribution in [3.8, 4) is 5.75 Å². The second-order valence-electron chi connectivity index (χ2n) is 10.5. The zero-order valence-electron chi connectivity index (χ0n) is 21.3. The molecule has 7 heteroatoms. The number of fused-ring (bicyclic) bond motifs is 1. The lowest BCUT2D eigenvalue weighted by Crippen LogP contribution is -2.50. The highest BCUT2D eigenvalue weighted by molar-refractivity contribution is 6.31. The molecule has 192 valence electrons. The van der Waals surface area contributed by atoms with Gasteiger partial charge in [-0.05, 0) is 61.7 Å². The summed E-state index contributed by atoms with van der Waals surface area (Å²) in [6.45, 7) is 7.80. The van der Waals surface area contributed by atoms with Crippen molar-refractivity contribution in [3.63, 3.8) is 0 Å². The third-order valence-electron chi connectivity index (χ3n) is 7.68. The maximum atomic E-state index is 13.4. The smallest absolute Gasteiger partial charge is 0.223 e. The van der Waals surface area contributed by atoms with E-state index in [0.717, 1.165) is 48.8 Å². The Hall–Kier alpha value is -2.54. The highest BCUT2D eigenvalue weighted by Crippen LogP contribution is 2.37. The Morgan fingerprint density at radius 3 is 2.75 bits per heavy atom. The molecule has 0 aliphatic carbocycles. The van der Waals surface area contributed by atoms with Crippen molar-refractivity contribution in [3.05, 3.63) is 64.8 Å². The molecular formula is C29H36ClN3O3. The number of amides is 1. The van der Waals surface area contributed by atoms with Gasteiger partial charge in [-0.15, -0.1) is 0 Å². The molecule has 2 aliphatic heterocycles. The van der Waals surface area contributed by atoms with Crippen molar-refractivity contribution in [1.29, 1.82) is 0 Å². The number of morpholine rings is 1. The van der Waals surface area contributed by atoms with Gasteiger partial charge in [0.2, 0.25) is 5.91 Å². The lowest BCUT2D eigenvalue weighted by atomic mass is 9.77. The van der Waals surface area contributed by atoms with Gasteiger partial charge in [-0.2, -0.15) is 0 Å². The van der Waals surface area contributed by atoms with Crippen LogP contribution in [0.3, 0.4) is 0 Å². The number of halogens is 1. The summed E-state index contributed by atoms with van der Waals surface area (Å²) in [6.07, 6.45) is 4.75. The second kappa shape index (κ2) is 10.8. The number of nitrogens with zero attached hydrogens (tertiary/aromatic N) is 3.